The first-order valence-corrected chi connectivity index (χ1v) is 6.36. The molecule has 2 saturated heterocycles. The fourth-order valence-electron chi connectivity index (χ4n) is 2.88. The van der Waals surface area contributed by atoms with E-state index in [-0.39, 0.29) is 18.1 Å². The number of hydrogen-bond acceptors (Lipinski definition) is 3. The number of benzene rings is 1. The van der Waals surface area contributed by atoms with Gasteiger partial charge in [-0.15, -0.1) is 0 Å². The molecule has 1 aromatic rings. The molecule has 1 aromatic carbocycles. The van der Waals surface area contributed by atoms with Crippen molar-refractivity contribution in [1.29, 1.82) is 0 Å². The van der Waals surface area contributed by atoms with Gasteiger partial charge in [0.1, 0.15) is 0 Å². The monoisotopic (exact) mass is 231 g/mol. The topological polar surface area (TPSA) is 44.5 Å². The van der Waals surface area contributed by atoms with Crippen LogP contribution in [-0.4, -0.2) is 32.6 Å². The highest BCUT2D eigenvalue weighted by Gasteiger charge is 2.37. The Balaban J connectivity index is 1.70. The van der Waals surface area contributed by atoms with E-state index in [1.807, 2.05) is 6.07 Å². The van der Waals surface area contributed by atoms with Crippen LogP contribution in [0.3, 0.4) is 0 Å². The second-order valence-corrected chi connectivity index (χ2v) is 5.10. The molecule has 0 amide bonds. The maximum atomic E-state index is 5.96. The van der Waals surface area contributed by atoms with Gasteiger partial charge in [0.25, 0.3) is 0 Å². The maximum Gasteiger partial charge on any atom is 0.169 e. The first-order valence-electron chi connectivity index (χ1n) is 6.36. The molecule has 90 valence electrons. The summed E-state index contributed by atoms with van der Waals surface area (Å²) in [5, 5.41) is 0. The molecule has 0 aliphatic carbocycles. The molecule has 0 aromatic heterocycles. The van der Waals surface area contributed by atoms with E-state index in [1.165, 1.54) is 5.56 Å². The maximum absolute atomic E-state index is 5.96. The van der Waals surface area contributed by atoms with Crippen molar-refractivity contribution in [3.05, 3.63) is 35.9 Å². The summed E-state index contributed by atoms with van der Waals surface area (Å²) in [7, 11) is 1.03. The molecule has 2 heterocycles. The molecule has 0 saturated carbocycles. The van der Waals surface area contributed by atoms with Crippen LogP contribution in [0.5, 0.6) is 0 Å². The quantitative estimate of drug-likeness (QED) is 0.735. The van der Waals surface area contributed by atoms with Crippen LogP contribution in [0.4, 0.5) is 0 Å². The van der Waals surface area contributed by atoms with Crippen molar-refractivity contribution in [2.24, 2.45) is 5.73 Å². The van der Waals surface area contributed by atoms with Gasteiger partial charge in [-0.2, -0.15) is 0 Å². The average molecular weight is 231 g/mol. The van der Waals surface area contributed by atoms with Gasteiger partial charge < -0.3 is 15.2 Å². The van der Waals surface area contributed by atoms with Gasteiger partial charge in [-0.3, -0.25) is 0 Å². The Labute approximate surface area is 103 Å². The predicted molar refractivity (Wildman–Crippen MR) is 68.4 cm³/mol. The summed E-state index contributed by atoms with van der Waals surface area (Å²) in [6.45, 7) is 1.39. The highest BCUT2D eigenvalue weighted by atomic mass is 16.5. The lowest BCUT2D eigenvalue weighted by molar-refractivity contribution is -0.0693. The van der Waals surface area contributed by atoms with Crippen LogP contribution in [0.25, 0.3) is 0 Å². The molecule has 3 nitrogen and oxygen atoms in total. The molecule has 3 rings (SSSR count). The summed E-state index contributed by atoms with van der Waals surface area (Å²) < 4.78 is 11.6. The van der Waals surface area contributed by atoms with Crippen molar-refractivity contribution in [3.8, 4) is 0 Å². The van der Waals surface area contributed by atoms with Gasteiger partial charge in [0, 0.05) is 6.04 Å². The summed E-state index contributed by atoms with van der Waals surface area (Å²) in [6, 6.07) is 10.8. The van der Waals surface area contributed by atoms with E-state index >= 15 is 0 Å². The number of hydrogen-bond donors (Lipinski definition) is 1. The Morgan fingerprint density at radius 3 is 2.76 bits per heavy atom. The van der Waals surface area contributed by atoms with Crippen LogP contribution in [0.1, 0.15) is 18.0 Å². The van der Waals surface area contributed by atoms with Gasteiger partial charge in [0.2, 0.25) is 0 Å². The molecule has 17 heavy (non-hydrogen) atoms. The molecule has 2 N–H and O–H groups in total. The van der Waals surface area contributed by atoms with Crippen LogP contribution in [-0.2, 0) is 9.47 Å². The van der Waals surface area contributed by atoms with Crippen LogP contribution in [0, 0.1) is 0 Å². The standard InChI is InChI=1S/C13H18BNO2/c15-10-6-11-12(16-7-10)8-17-13(14-11)9-4-2-1-3-5-9/h1-5,10-14H,6-8,15H2. The molecule has 2 aliphatic heterocycles. The SMILES string of the molecule is NC1COC2COC(c3ccccc3)BC2C1. The summed E-state index contributed by atoms with van der Waals surface area (Å²) >= 11 is 0. The molecular formula is C13H18BNO2. The molecular weight excluding hydrogens is 213 g/mol. The van der Waals surface area contributed by atoms with Crippen molar-refractivity contribution in [2.75, 3.05) is 13.2 Å². The van der Waals surface area contributed by atoms with Gasteiger partial charge >= 0.3 is 0 Å². The zero-order chi connectivity index (χ0) is 11.7. The van der Waals surface area contributed by atoms with Crippen molar-refractivity contribution in [3.63, 3.8) is 0 Å². The molecule has 4 unspecified atom stereocenters. The fraction of sp³-hybridized carbons (Fsp3) is 0.538. The zero-order valence-electron chi connectivity index (χ0n) is 9.92. The smallest absolute Gasteiger partial charge is 0.169 e. The summed E-state index contributed by atoms with van der Waals surface area (Å²) in [5.41, 5.74) is 7.23. The highest BCUT2D eigenvalue weighted by molar-refractivity contribution is 6.39. The van der Waals surface area contributed by atoms with Gasteiger partial charge in [-0.25, -0.2) is 0 Å². The van der Waals surface area contributed by atoms with E-state index in [2.05, 4.69) is 24.3 Å². The minimum absolute atomic E-state index is 0.200. The van der Waals surface area contributed by atoms with Crippen LogP contribution in [0.2, 0.25) is 5.82 Å². The van der Waals surface area contributed by atoms with Gasteiger partial charge in [0.15, 0.2) is 7.28 Å². The highest BCUT2D eigenvalue weighted by Crippen LogP contribution is 2.35. The largest absolute Gasteiger partial charge is 0.380 e. The van der Waals surface area contributed by atoms with E-state index in [9.17, 15) is 0 Å². The Hall–Kier alpha value is -0.835. The fourth-order valence-corrected chi connectivity index (χ4v) is 2.88. The summed E-state index contributed by atoms with van der Waals surface area (Å²) in [5.74, 6) is 0.553. The average Bonchev–Trinajstić information content (AvgIpc) is 2.39. The van der Waals surface area contributed by atoms with E-state index in [1.54, 1.807) is 0 Å². The Morgan fingerprint density at radius 1 is 1.12 bits per heavy atom. The minimum atomic E-state index is 0.200. The van der Waals surface area contributed by atoms with Crippen LogP contribution >= 0.6 is 0 Å². The van der Waals surface area contributed by atoms with Crippen LogP contribution < -0.4 is 5.73 Å². The predicted octanol–water partition coefficient (Wildman–Crippen LogP) is 1.06. The third-order valence-corrected chi connectivity index (χ3v) is 3.81. The third kappa shape index (κ3) is 2.39. The lowest BCUT2D eigenvalue weighted by Crippen LogP contribution is -2.47. The molecule has 2 aliphatic rings. The van der Waals surface area contributed by atoms with Crippen molar-refractivity contribution in [1.82, 2.24) is 0 Å². The number of rotatable bonds is 1. The Kier molecular flexibility index (Phi) is 3.18. The van der Waals surface area contributed by atoms with E-state index in [0.717, 1.165) is 13.7 Å². The van der Waals surface area contributed by atoms with Crippen LogP contribution in [0.15, 0.2) is 30.3 Å². The molecule has 0 spiro atoms. The Bertz CT molecular complexity index is 373. The Morgan fingerprint density at radius 2 is 1.94 bits per heavy atom. The second kappa shape index (κ2) is 4.80. The summed E-state index contributed by atoms with van der Waals surface area (Å²) in [6.07, 6.45) is 1.33. The van der Waals surface area contributed by atoms with Crippen molar-refractivity contribution < 1.29 is 9.47 Å². The lowest BCUT2D eigenvalue weighted by atomic mass is 9.52. The number of fused-ring (bicyclic) bond motifs is 1. The molecule has 4 heteroatoms. The van der Waals surface area contributed by atoms with E-state index in [0.29, 0.717) is 19.0 Å². The van der Waals surface area contributed by atoms with Crippen molar-refractivity contribution >= 4 is 7.28 Å². The third-order valence-electron chi connectivity index (χ3n) is 3.81. The molecule has 2 fully saturated rings. The normalized spacial score (nSPS) is 37.0. The second-order valence-electron chi connectivity index (χ2n) is 5.10. The first kappa shape index (κ1) is 11.3. The van der Waals surface area contributed by atoms with E-state index < -0.39 is 0 Å². The first-order chi connectivity index (χ1) is 8.33. The van der Waals surface area contributed by atoms with Gasteiger partial charge in [-0.1, -0.05) is 30.3 Å². The lowest BCUT2D eigenvalue weighted by Gasteiger charge is -2.40. The molecule has 4 atom stereocenters. The van der Waals surface area contributed by atoms with Gasteiger partial charge in [-0.05, 0) is 17.8 Å². The summed E-state index contributed by atoms with van der Waals surface area (Å²) in [4.78, 5) is 0. The minimum Gasteiger partial charge on any atom is -0.380 e. The number of ether oxygens (including phenoxy) is 2. The molecule has 0 radical (unpaired) electrons. The molecule has 0 bridgehead atoms. The van der Waals surface area contributed by atoms with Crippen molar-refractivity contribution in [2.45, 2.75) is 30.4 Å². The van der Waals surface area contributed by atoms with Gasteiger partial charge in [0.05, 0.1) is 25.3 Å². The number of nitrogens with two attached hydrogens (primary N) is 1. The zero-order valence-corrected chi connectivity index (χ0v) is 9.92. The van der Waals surface area contributed by atoms with E-state index in [4.69, 9.17) is 15.2 Å².